The van der Waals surface area contributed by atoms with Crippen molar-refractivity contribution in [3.63, 3.8) is 0 Å². The number of carbonyl (C=O) groups is 2. The molecule has 5 nitrogen and oxygen atoms in total. The van der Waals surface area contributed by atoms with Gasteiger partial charge in [-0.2, -0.15) is 0 Å². The van der Waals surface area contributed by atoms with Crippen LogP contribution in [0.25, 0.3) is 0 Å². The summed E-state index contributed by atoms with van der Waals surface area (Å²) in [6, 6.07) is 15.1. The van der Waals surface area contributed by atoms with E-state index in [1.165, 1.54) is 17.0 Å². The average molecular weight is 357 g/mol. The lowest BCUT2D eigenvalue weighted by molar-refractivity contribution is -0.121. The molecule has 138 valence electrons. The lowest BCUT2D eigenvalue weighted by Crippen LogP contribution is -2.45. The maximum atomic E-state index is 12.9. The molecule has 0 saturated carbocycles. The van der Waals surface area contributed by atoms with Gasteiger partial charge in [0.25, 0.3) is 0 Å². The van der Waals surface area contributed by atoms with Crippen LogP contribution in [-0.4, -0.2) is 29.9 Å². The molecule has 0 radical (unpaired) electrons. The Morgan fingerprint density at radius 2 is 1.73 bits per heavy atom. The minimum atomic E-state index is -0.318. The lowest BCUT2D eigenvalue weighted by atomic mass is 10.1. The molecule has 0 bridgehead atoms. The topological polar surface area (TPSA) is 61.4 Å². The number of hydrogen-bond donors (Lipinski definition) is 2. The van der Waals surface area contributed by atoms with Crippen LogP contribution >= 0.6 is 0 Å². The summed E-state index contributed by atoms with van der Waals surface area (Å²) in [4.78, 5) is 25.9. The van der Waals surface area contributed by atoms with E-state index in [4.69, 9.17) is 0 Å². The Hall–Kier alpha value is -2.89. The third-order valence-corrected chi connectivity index (χ3v) is 4.05. The Morgan fingerprint density at radius 1 is 1.08 bits per heavy atom. The number of carbonyl (C=O) groups excluding carboxylic acids is 2. The van der Waals surface area contributed by atoms with Crippen molar-refractivity contribution < 1.29 is 14.0 Å². The van der Waals surface area contributed by atoms with Crippen molar-refractivity contribution in [2.45, 2.75) is 26.4 Å². The second kappa shape index (κ2) is 9.56. The maximum Gasteiger partial charge on any atom is 0.318 e. The van der Waals surface area contributed by atoms with Gasteiger partial charge in [0.2, 0.25) is 5.91 Å². The zero-order chi connectivity index (χ0) is 18.9. The fourth-order valence-corrected chi connectivity index (χ4v) is 2.46. The van der Waals surface area contributed by atoms with E-state index in [-0.39, 0.29) is 30.3 Å². The molecule has 0 aliphatic carbocycles. The van der Waals surface area contributed by atoms with Gasteiger partial charge in [-0.3, -0.25) is 4.79 Å². The van der Waals surface area contributed by atoms with Gasteiger partial charge in [0.05, 0.1) is 6.04 Å². The summed E-state index contributed by atoms with van der Waals surface area (Å²) in [5.41, 5.74) is 1.79. The first-order valence-electron chi connectivity index (χ1n) is 8.61. The van der Waals surface area contributed by atoms with Crippen LogP contribution in [0.5, 0.6) is 0 Å². The van der Waals surface area contributed by atoms with Gasteiger partial charge < -0.3 is 15.5 Å². The number of nitrogens with zero attached hydrogens (tertiary/aromatic N) is 1. The maximum absolute atomic E-state index is 12.9. The first-order valence-corrected chi connectivity index (χ1v) is 8.61. The predicted octanol–water partition coefficient (Wildman–Crippen LogP) is 3.23. The van der Waals surface area contributed by atoms with Crippen LogP contribution in [0.15, 0.2) is 54.6 Å². The smallest absolute Gasteiger partial charge is 0.318 e. The molecule has 0 aliphatic rings. The summed E-state index contributed by atoms with van der Waals surface area (Å²) >= 11 is 0. The van der Waals surface area contributed by atoms with Gasteiger partial charge in [-0.25, -0.2) is 9.18 Å². The highest BCUT2D eigenvalue weighted by Crippen LogP contribution is 2.11. The van der Waals surface area contributed by atoms with E-state index >= 15 is 0 Å². The van der Waals surface area contributed by atoms with Gasteiger partial charge in [0.15, 0.2) is 0 Å². The van der Waals surface area contributed by atoms with Crippen LogP contribution in [-0.2, 0) is 11.3 Å². The SMILES string of the molecule is CCN(CC(=O)NCc1ccc(F)cc1)C(=O)NC(C)c1ccccc1. The molecule has 0 saturated heterocycles. The van der Waals surface area contributed by atoms with Gasteiger partial charge in [-0.05, 0) is 37.1 Å². The van der Waals surface area contributed by atoms with Gasteiger partial charge in [-0.1, -0.05) is 42.5 Å². The van der Waals surface area contributed by atoms with Crippen LogP contribution in [0, 0.1) is 5.82 Å². The fourth-order valence-electron chi connectivity index (χ4n) is 2.46. The van der Waals surface area contributed by atoms with Crippen LogP contribution in [0.3, 0.4) is 0 Å². The molecule has 0 heterocycles. The zero-order valence-corrected chi connectivity index (χ0v) is 15.0. The van der Waals surface area contributed by atoms with E-state index in [0.29, 0.717) is 13.1 Å². The molecule has 0 aliphatic heterocycles. The molecular formula is C20H24FN3O2. The molecule has 1 unspecified atom stereocenters. The molecule has 0 fully saturated rings. The van der Waals surface area contributed by atoms with E-state index in [1.807, 2.05) is 44.2 Å². The highest BCUT2D eigenvalue weighted by atomic mass is 19.1. The molecule has 2 aromatic carbocycles. The Kier molecular flexibility index (Phi) is 7.14. The average Bonchev–Trinajstić information content (AvgIpc) is 2.66. The second-order valence-corrected chi connectivity index (χ2v) is 6.00. The van der Waals surface area contributed by atoms with Crippen molar-refractivity contribution in [2.24, 2.45) is 0 Å². The molecule has 2 N–H and O–H groups in total. The summed E-state index contributed by atoms with van der Waals surface area (Å²) in [7, 11) is 0. The number of rotatable bonds is 7. The summed E-state index contributed by atoms with van der Waals surface area (Å²) < 4.78 is 12.9. The van der Waals surface area contributed by atoms with Crippen molar-refractivity contribution in [1.82, 2.24) is 15.5 Å². The predicted molar refractivity (Wildman–Crippen MR) is 98.9 cm³/mol. The Morgan fingerprint density at radius 3 is 2.35 bits per heavy atom. The molecule has 3 amide bonds. The molecular weight excluding hydrogens is 333 g/mol. The first-order chi connectivity index (χ1) is 12.5. The van der Waals surface area contributed by atoms with Gasteiger partial charge in [0.1, 0.15) is 12.4 Å². The number of hydrogen-bond acceptors (Lipinski definition) is 2. The lowest BCUT2D eigenvalue weighted by Gasteiger charge is -2.23. The van der Waals surface area contributed by atoms with Gasteiger partial charge in [-0.15, -0.1) is 0 Å². The van der Waals surface area contributed by atoms with Crippen LogP contribution < -0.4 is 10.6 Å². The number of benzene rings is 2. The fraction of sp³-hybridized carbons (Fsp3) is 0.300. The third-order valence-electron chi connectivity index (χ3n) is 4.05. The third kappa shape index (κ3) is 5.88. The Labute approximate surface area is 153 Å². The number of likely N-dealkylation sites (N-methyl/N-ethyl adjacent to an activating group) is 1. The zero-order valence-electron chi connectivity index (χ0n) is 15.0. The summed E-state index contributed by atoms with van der Waals surface area (Å²) in [5, 5.41) is 5.64. The van der Waals surface area contributed by atoms with Crippen LogP contribution in [0.4, 0.5) is 9.18 Å². The second-order valence-electron chi connectivity index (χ2n) is 6.00. The van der Waals surface area contributed by atoms with Gasteiger partial charge in [0, 0.05) is 13.1 Å². The normalized spacial score (nSPS) is 11.5. The standard InChI is InChI=1S/C20H24FN3O2/c1-3-24(20(26)23-15(2)17-7-5-4-6-8-17)14-19(25)22-13-16-9-11-18(21)12-10-16/h4-12,15H,3,13-14H2,1-2H3,(H,22,25)(H,23,26). The van der Waals surface area contributed by atoms with Crippen molar-refractivity contribution in [3.8, 4) is 0 Å². The van der Waals surface area contributed by atoms with E-state index in [9.17, 15) is 14.0 Å². The van der Waals surface area contributed by atoms with Gasteiger partial charge >= 0.3 is 6.03 Å². The quantitative estimate of drug-likeness (QED) is 0.799. The molecule has 0 spiro atoms. The van der Waals surface area contributed by atoms with E-state index in [0.717, 1.165) is 11.1 Å². The molecule has 1 atom stereocenters. The number of halogens is 1. The molecule has 2 aromatic rings. The Bertz CT molecular complexity index is 720. The Balaban J connectivity index is 1.83. The summed E-state index contributed by atoms with van der Waals surface area (Å²) in [6.07, 6.45) is 0. The highest BCUT2D eigenvalue weighted by molar-refractivity contribution is 5.84. The number of amides is 3. The molecule has 2 rings (SSSR count). The monoisotopic (exact) mass is 357 g/mol. The van der Waals surface area contributed by atoms with E-state index in [1.54, 1.807) is 12.1 Å². The molecule has 0 aromatic heterocycles. The highest BCUT2D eigenvalue weighted by Gasteiger charge is 2.17. The minimum Gasteiger partial charge on any atom is -0.350 e. The number of urea groups is 1. The van der Waals surface area contributed by atoms with E-state index < -0.39 is 0 Å². The van der Waals surface area contributed by atoms with Crippen LogP contribution in [0.1, 0.15) is 31.0 Å². The summed E-state index contributed by atoms with van der Waals surface area (Å²) in [6.45, 7) is 4.39. The van der Waals surface area contributed by atoms with Crippen LogP contribution in [0.2, 0.25) is 0 Å². The van der Waals surface area contributed by atoms with Crippen molar-refractivity contribution in [3.05, 3.63) is 71.5 Å². The minimum absolute atomic E-state index is 0.0367. The molecule has 6 heteroatoms. The van der Waals surface area contributed by atoms with E-state index in [2.05, 4.69) is 10.6 Å². The summed E-state index contributed by atoms with van der Waals surface area (Å²) in [5.74, 6) is -0.583. The first kappa shape index (κ1) is 19.4. The van der Waals surface area contributed by atoms with Crippen molar-refractivity contribution in [2.75, 3.05) is 13.1 Å². The largest absolute Gasteiger partial charge is 0.350 e. The molecule has 26 heavy (non-hydrogen) atoms. The van der Waals surface area contributed by atoms with Crippen molar-refractivity contribution >= 4 is 11.9 Å². The number of nitrogens with one attached hydrogen (secondary N) is 2. The van der Waals surface area contributed by atoms with Crippen molar-refractivity contribution in [1.29, 1.82) is 0 Å².